The number of nitrogens with zero attached hydrogens (tertiary/aromatic N) is 2. The Morgan fingerprint density at radius 3 is 2.17 bits per heavy atom. The second kappa shape index (κ2) is 14.9. The van der Waals surface area contributed by atoms with Crippen molar-refractivity contribution in [3.8, 4) is 0 Å². The minimum Gasteiger partial charge on any atom is -0.363 e. The van der Waals surface area contributed by atoms with Crippen molar-refractivity contribution in [3.05, 3.63) is 0 Å². The predicted octanol–water partition coefficient (Wildman–Crippen LogP) is 2.48. The van der Waals surface area contributed by atoms with E-state index < -0.39 is 52.7 Å². The summed E-state index contributed by atoms with van der Waals surface area (Å²) in [5.41, 5.74) is 4.92. The van der Waals surface area contributed by atoms with E-state index in [0.717, 1.165) is 57.8 Å². The molecule has 3 saturated carbocycles. The molecule has 4 rings (SSSR count). The molecule has 12 nitrogen and oxygen atoms in total. The van der Waals surface area contributed by atoms with Crippen LogP contribution in [-0.4, -0.2) is 93.5 Å². The largest absolute Gasteiger partial charge is 0.363 e. The lowest BCUT2D eigenvalue weighted by Crippen LogP contribution is -2.61. The van der Waals surface area contributed by atoms with Gasteiger partial charge in [-0.25, -0.2) is 13.3 Å². The highest BCUT2D eigenvalue weighted by Crippen LogP contribution is 2.53. The maximum atomic E-state index is 14.7. The fourth-order valence-corrected chi connectivity index (χ4v) is 8.36. The first-order valence-corrected chi connectivity index (χ1v) is 19.0. The Bertz CT molecular complexity index is 1230. The van der Waals surface area contributed by atoms with E-state index >= 15 is 0 Å². The van der Waals surface area contributed by atoms with Gasteiger partial charge in [-0.2, -0.15) is 0 Å². The van der Waals surface area contributed by atoms with Crippen LogP contribution in [0.2, 0.25) is 0 Å². The van der Waals surface area contributed by atoms with Crippen molar-refractivity contribution >= 4 is 40.5 Å². The van der Waals surface area contributed by atoms with Crippen molar-refractivity contribution < 1.29 is 28.2 Å². The Kier molecular flexibility index (Phi) is 11.8. The molecule has 3 aliphatic carbocycles. The van der Waals surface area contributed by atoms with Gasteiger partial charge >= 0.3 is 6.03 Å². The van der Waals surface area contributed by atoms with Gasteiger partial charge in [-0.15, -0.1) is 0 Å². The van der Waals surface area contributed by atoms with Gasteiger partial charge in [0.1, 0.15) is 12.1 Å². The predicted molar refractivity (Wildman–Crippen MR) is 181 cm³/mol. The maximum Gasteiger partial charge on any atom is 0.315 e. The molecule has 5 amide bonds. The van der Waals surface area contributed by atoms with Crippen molar-refractivity contribution in [2.75, 3.05) is 26.4 Å². The summed E-state index contributed by atoms with van der Waals surface area (Å²) in [5.74, 6) is -2.45. The number of carbonyl (C=O) groups is 5. The monoisotopic (exact) mass is 678 g/mol. The smallest absolute Gasteiger partial charge is 0.315 e. The van der Waals surface area contributed by atoms with Gasteiger partial charge in [0.05, 0.1) is 17.0 Å². The lowest BCUT2D eigenvalue weighted by atomic mass is 9.79. The molecule has 0 spiro atoms. The Morgan fingerprint density at radius 1 is 0.979 bits per heavy atom. The Hall–Kier alpha value is -2.54. The van der Waals surface area contributed by atoms with E-state index in [2.05, 4.69) is 29.8 Å². The molecule has 1 saturated heterocycles. The van der Waals surface area contributed by atoms with Crippen molar-refractivity contribution in [2.24, 2.45) is 40.2 Å². The van der Waals surface area contributed by atoms with Gasteiger partial charge in [0, 0.05) is 25.4 Å². The molecule has 0 aromatic carbocycles. The van der Waals surface area contributed by atoms with Crippen LogP contribution in [0.15, 0.2) is 0 Å². The number of likely N-dealkylation sites (tertiary alicyclic amines) is 1. The van der Waals surface area contributed by atoms with E-state index in [9.17, 15) is 28.2 Å². The lowest BCUT2D eigenvalue weighted by Gasteiger charge is -2.37. The second-order valence-corrected chi connectivity index (χ2v) is 17.8. The number of hydrogen-bond donors (Lipinski definition) is 4. The standard InChI is InChI=1S/C34H58N6O6S/c1-33(2,3)25(19-39(6)47(7)46)37-32(45)38-26(21-11-9-8-10-12-21)31(44)40-18-23-22(15-16-34(23,4)5)27(40)30(43)36-24(17-20-13-14-20)28(41)29(35)42/h20-27H,8-19H2,1-7H3,(H2,35,42)(H,36,43)(H2,37,38,45)/t22-,23-,24?,25+,26-,27-,47?/m0/s1. The molecule has 2 unspecified atom stereocenters. The van der Waals surface area contributed by atoms with Crippen LogP contribution in [0.4, 0.5) is 4.79 Å². The molecule has 1 aliphatic heterocycles. The van der Waals surface area contributed by atoms with Gasteiger partial charge in [0.25, 0.3) is 5.91 Å². The van der Waals surface area contributed by atoms with Crippen molar-refractivity contribution in [2.45, 2.75) is 123 Å². The Labute approximate surface area is 283 Å². The number of ketones is 1. The number of carbonyl (C=O) groups excluding carboxylic acids is 5. The van der Waals surface area contributed by atoms with E-state index in [1.54, 1.807) is 22.5 Å². The molecule has 7 atom stereocenters. The molecule has 266 valence electrons. The highest BCUT2D eigenvalue weighted by Gasteiger charge is 2.57. The normalized spacial score (nSPS) is 27.0. The SMILES string of the molecule is CN(C[C@@H](NC(=O)N[C@H](C(=O)N1C[C@H]2[C@H](CCC2(C)C)[C@H]1C(=O)NC(CC1CC1)C(=O)C(N)=O)C1CCCCC1)C(C)(C)C)S(C)=O. The first-order chi connectivity index (χ1) is 21.9. The van der Waals surface area contributed by atoms with Crippen LogP contribution in [0.25, 0.3) is 0 Å². The topological polar surface area (TPSA) is 171 Å². The van der Waals surface area contributed by atoms with Crippen LogP contribution in [-0.2, 0) is 30.2 Å². The van der Waals surface area contributed by atoms with Crippen molar-refractivity contribution in [3.63, 3.8) is 0 Å². The number of likely N-dealkylation sites (N-methyl/N-ethyl adjacent to an activating group) is 1. The van der Waals surface area contributed by atoms with E-state index in [0.29, 0.717) is 19.5 Å². The number of urea groups is 1. The molecule has 0 bridgehead atoms. The van der Waals surface area contributed by atoms with Crippen LogP contribution in [0.1, 0.15) is 98.8 Å². The number of hydrogen-bond acceptors (Lipinski definition) is 6. The van der Waals surface area contributed by atoms with Crippen LogP contribution >= 0.6 is 0 Å². The van der Waals surface area contributed by atoms with Gasteiger partial charge in [-0.1, -0.05) is 66.7 Å². The summed E-state index contributed by atoms with van der Waals surface area (Å²) in [7, 11) is 0.526. The molecule has 13 heteroatoms. The zero-order valence-electron chi connectivity index (χ0n) is 29.4. The first kappa shape index (κ1) is 37.3. The zero-order chi connectivity index (χ0) is 34.8. The summed E-state index contributed by atoms with van der Waals surface area (Å²) in [5, 5.41) is 8.95. The summed E-state index contributed by atoms with van der Waals surface area (Å²) in [6.07, 6.45) is 10.1. The first-order valence-electron chi connectivity index (χ1n) is 17.5. The minimum atomic E-state index is -1.22. The van der Waals surface area contributed by atoms with Gasteiger partial charge < -0.3 is 26.6 Å². The van der Waals surface area contributed by atoms with E-state index in [-0.39, 0.29) is 46.5 Å². The molecule has 47 heavy (non-hydrogen) atoms. The van der Waals surface area contributed by atoms with Gasteiger partial charge in [0.2, 0.25) is 17.6 Å². The number of rotatable bonds is 13. The van der Waals surface area contributed by atoms with E-state index in [1.165, 1.54) is 0 Å². The second-order valence-electron chi connectivity index (χ2n) is 16.3. The van der Waals surface area contributed by atoms with E-state index in [1.807, 2.05) is 20.8 Å². The van der Waals surface area contributed by atoms with Crippen molar-refractivity contribution in [1.29, 1.82) is 0 Å². The summed E-state index contributed by atoms with van der Waals surface area (Å²) < 4.78 is 13.8. The summed E-state index contributed by atoms with van der Waals surface area (Å²) in [6.45, 7) is 11.1. The van der Waals surface area contributed by atoms with Crippen LogP contribution < -0.4 is 21.7 Å². The highest BCUT2D eigenvalue weighted by molar-refractivity contribution is 7.81. The van der Waals surface area contributed by atoms with E-state index in [4.69, 9.17) is 5.73 Å². The molecule has 1 heterocycles. The van der Waals surface area contributed by atoms with Gasteiger partial charge in [-0.3, -0.25) is 19.2 Å². The summed E-state index contributed by atoms with van der Waals surface area (Å²) in [4.78, 5) is 68.8. The summed E-state index contributed by atoms with van der Waals surface area (Å²) in [6, 6.07) is -3.48. The third-order valence-electron chi connectivity index (χ3n) is 11.4. The molecular formula is C34H58N6O6S. The minimum absolute atomic E-state index is 0.0764. The molecule has 0 radical (unpaired) electrons. The quantitative estimate of drug-likeness (QED) is 0.218. The maximum absolute atomic E-state index is 14.7. The van der Waals surface area contributed by atoms with Gasteiger partial charge in [-0.05, 0) is 73.7 Å². The Balaban J connectivity index is 1.60. The van der Waals surface area contributed by atoms with Crippen LogP contribution in [0.5, 0.6) is 0 Å². The average molecular weight is 679 g/mol. The molecular weight excluding hydrogens is 620 g/mol. The fraction of sp³-hybridized carbons (Fsp3) is 0.853. The number of fused-ring (bicyclic) bond motifs is 1. The number of amides is 5. The number of nitrogens with one attached hydrogen (secondary N) is 3. The highest BCUT2D eigenvalue weighted by atomic mass is 32.2. The third kappa shape index (κ3) is 9.13. The average Bonchev–Trinajstić information content (AvgIpc) is 3.64. The molecule has 4 fully saturated rings. The zero-order valence-corrected chi connectivity index (χ0v) is 30.3. The fourth-order valence-electron chi connectivity index (χ4n) is 8.00. The number of primary amides is 1. The number of nitrogens with two attached hydrogens (primary N) is 1. The number of Topliss-reactive ketones (excluding diaryl/α,β-unsaturated/α-hetero) is 1. The molecule has 5 N–H and O–H groups in total. The van der Waals surface area contributed by atoms with Crippen molar-refractivity contribution in [1.82, 2.24) is 25.2 Å². The third-order valence-corrected chi connectivity index (χ3v) is 12.4. The van der Waals surface area contributed by atoms with Gasteiger partial charge in [0.15, 0.2) is 0 Å². The molecule has 0 aromatic rings. The van der Waals surface area contributed by atoms with Crippen LogP contribution in [0, 0.1) is 34.5 Å². The Morgan fingerprint density at radius 2 is 1.62 bits per heavy atom. The summed E-state index contributed by atoms with van der Waals surface area (Å²) >= 11 is 0. The van der Waals surface area contributed by atoms with Crippen LogP contribution in [0.3, 0.4) is 0 Å². The lowest BCUT2D eigenvalue weighted by molar-refractivity contribution is -0.143. The molecule has 4 aliphatic rings. The molecule has 0 aromatic heterocycles.